The third kappa shape index (κ3) is 5.73. The molecule has 2 aromatic rings. The quantitative estimate of drug-likeness (QED) is 0.179. The van der Waals surface area contributed by atoms with Crippen LogP contribution in [0.2, 0.25) is 0 Å². The number of nitrogens with two attached hydrogens (primary N) is 1. The van der Waals surface area contributed by atoms with E-state index in [0.717, 1.165) is 11.5 Å². The van der Waals surface area contributed by atoms with E-state index in [0.29, 0.717) is 46.7 Å². The molecule has 5 rings (SSSR count). The standard InChI is InChI=1S/C29H35N5O4.H2/c1-17-22-14-23(29(22,2)3)26(17)31-16-25(35)32-21-12-8-19(9-13-21)5-4-18-6-10-20(11-7-18)27(36)33-24(15-30)28(37)34-38;/h6-13,17,22-24,26,31,38H,14-16,30H2,1-3H3,(H,32,35)(H,33,36)(H,34,37);1H/t17-,22-,23?,24-,26?;/m0./s1. The highest BCUT2D eigenvalue weighted by molar-refractivity contribution is 5.97. The Hall–Kier alpha value is -3.71. The molecule has 2 aromatic carbocycles. The molecule has 38 heavy (non-hydrogen) atoms. The summed E-state index contributed by atoms with van der Waals surface area (Å²) in [6.45, 7) is 7.11. The lowest BCUT2D eigenvalue weighted by Gasteiger charge is -2.45. The predicted octanol–water partition coefficient (Wildman–Crippen LogP) is 2.10. The van der Waals surface area contributed by atoms with E-state index in [2.05, 4.69) is 48.6 Å². The van der Waals surface area contributed by atoms with Crippen molar-refractivity contribution in [2.24, 2.45) is 28.9 Å². The van der Waals surface area contributed by atoms with E-state index in [9.17, 15) is 14.4 Å². The van der Waals surface area contributed by atoms with Gasteiger partial charge in [0.15, 0.2) is 0 Å². The number of hydrogen-bond donors (Lipinski definition) is 6. The van der Waals surface area contributed by atoms with Gasteiger partial charge in [-0.1, -0.05) is 32.6 Å². The first-order valence-corrected chi connectivity index (χ1v) is 12.8. The van der Waals surface area contributed by atoms with Gasteiger partial charge < -0.3 is 21.7 Å². The van der Waals surface area contributed by atoms with E-state index in [1.54, 1.807) is 24.3 Å². The summed E-state index contributed by atoms with van der Waals surface area (Å²) in [6, 6.07) is 13.3. The van der Waals surface area contributed by atoms with Gasteiger partial charge in [0.05, 0.1) is 6.54 Å². The van der Waals surface area contributed by atoms with Crippen LogP contribution in [0.15, 0.2) is 48.5 Å². The third-order valence-electron chi connectivity index (χ3n) is 8.19. The average molecular weight is 520 g/mol. The molecule has 3 fully saturated rings. The highest BCUT2D eigenvalue weighted by Gasteiger charge is 2.61. The summed E-state index contributed by atoms with van der Waals surface area (Å²) < 4.78 is 0. The van der Waals surface area contributed by atoms with Crippen LogP contribution < -0.4 is 27.2 Å². The fourth-order valence-corrected chi connectivity index (χ4v) is 5.89. The van der Waals surface area contributed by atoms with Crippen molar-refractivity contribution >= 4 is 23.4 Å². The predicted molar refractivity (Wildman–Crippen MR) is 146 cm³/mol. The molecule has 3 amide bonds. The lowest BCUT2D eigenvalue weighted by Crippen LogP contribution is -2.50. The zero-order valence-corrected chi connectivity index (χ0v) is 21.9. The van der Waals surface area contributed by atoms with E-state index >= 15 is 0 Å². The highest BCUT2D eigenvalue weighted by Crippen LogP contribution is 2.64. The molecule has 9 heteroatoms. The minimum absolute atomic E-state index is 0. The minimum Gasteiger partial charge on any atom is -0.339 e. The molecule has 2 unspecified atom stereocenters. The first-order valence-electron chi connectivity index (χ1n) is 12.8. The van der Waals surface area contributed by atoms with Crippen LogP contribution in [0.1, 0.15) is 50.1 Å². The molecule has 0 spiro atoms. The van der Waals surface area contributed by atoms with E-state index in [4.69, 9.17) is 10.9 Å². The summed E-state index contributed by atoms with van der Waals surface area (Å²) in [4.78, 5) is 36.3. The monoisotopic (exact) mass is 519 g/mol. The zero-order chi connectivity index (χ0) is 27.4. The van der Waals surface area contributed by atoms with E-state index in [1.165, 1.54) is 11.9 Å². The van der Waals surface area contributed by atoms with E-state index < -0.39 is 17.9 Å². The lowest BCUT2D eigenvalue weighted by atomic mass is 9.60. The summed E-state index contributed by atoms with van der Waals surface area (Å²) in [6.07, 6.45) is 1.26. The van der Waals surface area contributed by atoms with Gasteiger partial charge in [-0.3, -0.25) is 19.6 Å². The van der Waals surface area contributed by atoms with Crippen molar-refractivity contribution < 1.29 is 21.0 Å². The first kappa shape index (κ1) is 27.3. The van der Waals surface area contributed by atoms with Crippen molar-refractivity contribution in [2.75, 3.05) is 18.4 Å². The van der Waals surface area contributed by atoms with Crippen LogP contribution in [0.4, 0.5) is 5.69 Å². The molecule has 3 aliphatic rings. The molecule has 3 saturated carbocycles. The smallest absolute Gasteiger partial charge is 0.267 e. The Morgan fingerprint density at radius 2 is 1.66 bits per heavy atom. The molecule has 0 heterocycles. The maximum absolute atomic E-state index is 12.5. The van der Waals surface area contributed by atoms with Crippen LogP contribution in [-0.2, 0) is 9.59 Å². The molecule has 0 aromatic heterocycles. The fourth-order valence-electron chi connectivity index (χ4n) is 5.89. The van der Waals surface area contributed by atoms with E-state index in [1.807, 2.05) is 24.3 Å². The lowest BCUT2D eigenvalue weighted by molar-refractivity contribution is -0.130. The molecule has 5 atom stereocenters. The Bertz CT molecular complexity index is 1250. The van der Waals surface area contributed by atoms with Gasteiger partial charge in [-0.25, -0.2) is 5.48 Å². The van der Waals surface area contributed by atoms with Crippen molar-refractivity contribution in [3.63, 3.8) is 0 Å². The number of fused-ring (bicyclic) bond motifs is 1. The van der Waals surface area contributed by atoms with Crippen LogP contribution >= 0.6 is 0 Å². The van der Waals surface area contributed by atoms with Gasteiger partial charge in [-0.05, 0) is 78.1 Å². The molecule has 202 valence electrons. The molecule has 0 radical (unpaired) electrons. The second kappa shape index (κ2) is 11.4. The number of rotatable bonds is 8. The third-order valence-corrected chi connectivity index (χ3v) is 8.19. The number of benzene rings is 2. The molecule has 9 nitrogen and oxygen atoms in total. The molecular formula is C29H37N5O4. The summed E-state index contributed by atoms with van der Waals surface area (Å²) >= 11 is 0. The van der Waals surface area contributed by atoms with Gasteiger partial charge in [0.2, 0.25) is 5.91 Å². The maximum atomic E-state index is 12.5. The van der Waals surface area contributed by atoms with Gasteiger partial charge in [0.25, 0.3) is 11.8 Å². The number of hydroxylamine groups is 1. The Kier molecular flexibility index (Phi) is 8.17. The Morgan fingerprint density at radius 3 is 2.16 bits per heavy atom. The van der Waals surface area contributed by atoms with Crippen LogP contribution in [0.3, 0.4) is 0 Å². The summed E-state index contributed by atoms with van der Waals surface area (Å²) in [7, 11) is 0. The molecule has 2 bridgehead atoms. The summed E-state index contributed by atoms with van der Waals surface area (Å²) in [5.41, 5.74) is 9.83. The summed E-state index contributed by atoms with van der Waals surface area (Å²) in [5, 5.41) is 17.6. The normalized spacial score (nSPS) is 23.3. The Labute approximate surface area is 224 Å². The van der Waals surface area contributed by atoms with Gasteiger partial charge in [0, 0.05) is 36.4 Å². The Morgan fingerprint density at radius 1 is 1.05 bits per heavy atom. The number of anilines is 1. The fraction of sp³-hybridized carbons (Fsp3) is 0.414. The van der Waals surface area contributed by atoms with Crippen LogP contribution in [0.25, 0.3) is 0 Å². The number of hydrogen-bond acceptors (Lipinski definition) is 6. The number of carbonyl (C=O) groups excluding carboxylic acids is 3. The number of amides is 3. The van der Waals surface area contributed by atoms with E-state index in [-0.39, 0.29) is 13.9 Å². The molecule has 3 aliphatic carbocycles. The van der Waals surface area contributed by atoms with Crippen molar-refractivity contribution in [3.8, 4) is 11.8 Å². The van der Waals surface area contributed by atoms with Crippen molar-refractivity contribution in [1.82, 2.24) is 16.1 Å². The van der Waals surface area contributed by atoms with Gasteiger partial charge in [-0.15, -0.1) is 0 Å². The molecule has 0 saturated heterocycles. The topological polar surface area (TPSA) is 146 Å². The van der Waals surface area contributed by atoms with Gasteiger partial charge in [-0.2, -0.15) is 0 Å². The Balaban J connectivity index is 0.00000420. The zero-order valence-electron chi connectivity index (χ0n) is 21.9. The number of carbonyl (C=O) groups is 3. The molecule has 7 N–H and O–H groups in total. The number of nitrogens with one attached hydrogen (secondary N) is 4. The maximum Gasteiger partial charge on any atom is 0.267 e. The highest BCUT2D eigenvalue weighted by atomic mass is 16.5. The molecular weight excluding hydrogens is 482 g/mol. The molecule has 0 aliphatic heterocycles. The summed E-state index contributed by atoms with van der Waals surface area (Å²) in [5.74, 6) is 6.75. The van der Waals surface area contributed by atoms with Gasteiger partial charge in [0.1, 0.15) is 6.04 Å². The largest absolute Gasteiger partial charge is 0.339 e. The van der Waals surface area contributed by atoms with Crippen LogP contribution in [-0.4, -0.2) is 48.1 Å². The average Bonchev–Trinajstić information content (AvgIpc) is 3.36. The van der Waals surface area contributed by atoms with Crippen molar-refractivity contribution in [1.29, 1.82) is 0 Å². The van der Waals surface area contributed by atoms with Crippen LogP contribution in [0, 0.1) is 35.0 Å². The van der Waals surface area contributed by atoms with Crippen molar-refractivity contribution in [2.45, 2.75) is 39.3 Å². The minimum atomic E-state index is -1.04. The van der Waals surface area contributed by atoms with Crippen LogP contribution in [0.5, 0.6) is 0 Å². The van der Waals surface area contributed by atoms with Crippen molar-refractivity contribution in [3.05, 3.63) is 65.2 Å². The van der Waals surface area contributed by atoms with Gasteiger partial charge >= 0.3 is 0 Å². The SMILES string of the molecule is C[C@@H]1C(NCC(=O)Nc2ccc(C#Cc3ccc(C(=O)N[C@@H](CN)C(=O)NO)cc3)cc2)C2C[C@@H]1C2(C)C.[HH]. The first-order chi connectivity index (χ1) is 18.1. The second-order valence-electron chi connectivity index (χ2n) is 10.7. The second-order valence-corrected chi connectivity index (χ2v) is 10.7.